The average Bonchev–Trinajstić information content (AvgIpc) is 2.64. The van der Waals surface area contributed by atoms with Crippen LogP contribution >= 0.6 is 0 Å². The minimum atomic E-state index is 0.182. The van der Waals surface area contributed by atoms with Crippen LogP contribution in [0.2, 0.25) is 0 Å². The molecule has 1 fully saturated rings. The van der Waals surface area contributed by atoms with Crippen molar-refractivity contribution in [1.82, 2.24) is 4.90 Å². The van der Waals surface area contributed by atoms with Crippen molar-refractivity contribution >= 4 is 5.78 Å². The number of carbonyl (C=O) groups is 1. The van der Waals surface area contributed by atoms with Crippen molar-refractivity contribution in [3.63, 3.8) is 0 Å². The summed E-state index contributed by atoms with van der Waals surface area (Å²) in [5.74, 6) is 0.896. The van der Waals surface area contributed by atoms with Crippen LogP contribution in [0.3, 0.4) is 0 Å². The van der Waals surface area contributed by atoms with Crippen LogP contribution in [0.5, 0.6) is 0 Å². The van der Waals surface area contributed by atoms with Crippen molar-refractivity contribution in [2.24, 2.45) is 5.92 Å². The van der Waals surface area contributed by atoms with Crippen LogP contribution in [0.4, 0.5) is 0 Å². The molecule has 1 unspecified atom stereocenters. The first kappa shape index (κ1) is 11.3. The van der Waals surface area contributed by atoms with Gasteiger partial charge < -0.3 is 4.90 Å². The minimum absolute atomic E-state index is 0.182. The lowest BCUT2D eigenvalue weighted by atomic mass is 9.94. The number of ketones is 1. The molecule has 0 saturated carbocycles. The summed E-state index contributed by atoms with van der Waals surface area (Å²) < 4.78 is 0. The number of hydrogen-bond acceptors (Lipinski definition) is 2. The molecule has 86 valence electrons. The lowest BCUT2D eigenvalue weighted by molar-refractivity contribution is 0.101. The number of benzene rings is 1. The number of hydrogen-bond donors (Lipinski definition) is 0. The van der Waals surface area contributed by atoms with Gasteiger partial charge in [-0.3, -0.25) is 4.79 Å². The van der Waals surface area contributed by atoms with Gasteiger partial charge in [-0.1, -0.05) is 24.3 Å². The Hall–Kier alpha value is -1.15. The van der Waals surface area contributed by atoms with Crippen molar-refractivity contribution in [2.45, 2.75) is 19.8 Å². The van der Waals surface area contributed by atoms with E-state index < -0.39 is 0 Å². The van der Waals surface area contributed by atoms with Gasteiger partial charge in [0.1, 0.15) is 0 Å². The van der Waals surface area contributed by atoms with Gasteiger partial charge in [0.05, 0.1) is 0 Å². The number of likely N-dealkylation sites (tertiary alicyclic amines) is 1. The summed E-state index contributed by atoms with van der Waals surface area (Å²) in [5, 5.41) is 0. The van der Waals surface area contributed by atoms with Crippen LogP contribution in [-0.2, 0) is 6.42 Å². The molecule has 1 saturated heterocycles. The lowest BCUT2D eigenvalue weighted by Gasteiger charge is -2.12. The van der Waals surface area contributed by atoms with Gasteiger partial charge in [0.15, 0.2) is 5.78 Å². The maximum atomic E-state index is 11.5. The zero-order valence-corrected chi connectivity index (χ0v) is 10.1. The molecule has 0 radical (unpaired) electrons. The first-order valence-corrected chi connectivity index (χ1v) is 5.94. The Kier molecular flexibility index (Phi) is 3.39. The van der Waals surface area contributed by atoms with Gasteiger partial charge in [0.25, 0.3) is 0 Å². The summed E-state index contributed by atoms with van der Waals surface area (Å²) in [4.78, 5) is 13.9. The Morgan fingerprint density at radius 3 is 2.81 bits per heavy atom. The van der Waals surface area contributed by atoms with Crippen LogP contribution in [0, 0.1) is 5.92 Å². The zero-order chi connectivity index (χ0) is 11.5. The average molecular weight is 217 g/mol. The molecular formula is C14H19NO. The second-order valence-corrected chi connectivity index (χ2v) is 4.83. The van der Waals surface area contributed by atoms with E-state index in [0.29, 0.717) is 5.92 Å². The van der Waals surface area contributed by atoms with Crippen molar-refractivity contribution in [3.05, 3.63) is 35.4 Å². The van der Waals surface area contributed by atoms with Crippen LogP contribution in [-0.4, -0.2) is 30.8 Å². The molecule has 0 N–H and O–H groups in total. The third-order valence-electron chi connectivity index (χ3n) is 3.39. The maximum absolute atomic E-state index is 11.5. The van der Waals surface area contributed by atoms with E-state index >= 15 is 0 Å². The highest BCUT2D eigenvalue weighted by atomic mass is 16.1. The Morgan fingerprint density at radius 2 is 2.19 bits per heavy atom. The Labute approximate surface area is 97.3 Å². The molecule has 2 nitrogen and oxygen atoms in total. The van der Waals surface area contributed by atoms with Crippen molar-refractivity contribution in [2.75, 3.05) is 20.1 Å². The molecule has 0 bridgehead atoms. The predicted octanol–water partition coefficient (Wildman–Crippen LogP) is 2.38. The van der Waals surface area contributed by atoms with E-state index in [9.17, 15) is 4.79 Å². The monoisotopic (exact) mass is 217 g/mol. The fourth-order valence-electron chi connectivity index (χ4n) is 2.55. The second-order valence-electron chi connectivity index (χ2n) is 4.83. The molecule has 2 heteroatoms. The highest BCUT2D eigenvalue weighted by molar-refractivity contribution is 5.95. The third kappa shape index (κ3) is 2.50. The van der Waals surface area contributed by atoms with E-state index in [4.69, 9.17) is 0 Å². The van der Waals surface area contributed by atoms with E-state index in [1.807, 2.05) is 18.2 Å². The van der Waals surface area contributed by atoms with Gasteiger partial charge in [-0.05, 0) is 44.8 Å². The molecule has 1 aliphatic rings. The summed E-state index contributed by atoms with van der Waals surface area (Å²) in [5.41, 5.74) is 2.12. The van der Waals surface area contributed by atoms with Crippen LogP contribution in [0.25, 0.3) is 0 Å². The van der Waals surface area contributed by atoms with Crippen molar-refractivity contribution in [3.8, 4) is 0 Å². The van der Waals surface area contributed by atoms with Gasteiger partial charge in [0, 0.05) is 12.1 Å². The molecule has 1 heterocycles. The van der Waals surface area contributed by atoms with E-state index in [-0.39, 0.29) is 5.78 Å². The Morgan fingerprint density at radius 1 is 1.44 bits per heavy atom. The van der Waals surface area contributed by atoms with Gasteiger partial charge in [-0.25, -0.2) is 0 Å². The summed E-state index contributed by atoms with van der Waals surface area (Å²) in [6, 6.07) is 8.01. The quantitative estimate of drug-likeness (QED) is 0.725. The van der Waals surface area contributed by atoms with Gasteiger partial charge >= 0.3 is 0 Å². The molecule has 1 aliphatic heterocycles. The highest BCUT2D eigenvalue weighted by Crippen LogP contribution is 2.21. The van der Waals surface area contributed by atoms with Crippen LogP contribution < -0.4 is 0 Å². The number of carbonyl (C=O) groups excluding carboxylic acids is 1. The summed E-state index contributed by atoms with van der Waals surface area (Å²) in [6.07, 6.45) is 2.29. The number of nitrogens with zero attached hydrogens (tertiary/aromatic N) is 1. The molecule has 0 aliphatic carbocycles. The van der Waals surface area contributed by atoms with Crippen molar-refractivity contribution < 1.29 is 4.79 Å². The fraction of sp³-hybridized carbons (Fsp3) is 0.500. The van der Waals surface area contributed by atoms with Crippen molar-refractivity contribution in [1.29, 1.82) is 0 Å². The van der Waals surface area contributed by atoms with Crippen LogP contribution in [0.1, 0.15) is 29.3 Å². The molecule has 1 aromatic rings. The summed E-state index contributed by atoms with van der Waals surface area (Å²) in [7, 11) is 2.16. The van der Waals surface area contributed by atoms with E-state index in [1.54, 1.807) is 6.92 Å². The molecule has 0 aromatic heterocycles. The first-order chi connectivity index (χ1) is 7.66. The maximum Gasteiger partial charge on any atom is 0.160 e. The standard InChI is InChI=1S/C14H19NO/c1-11(16)14-6-4-3-5-13(14)9-12-7-8-15(2)10-12/h3-6,12H,7-10H2,1-2H3. The molecule has 0 amide bonds. The molecule has 1 aromatic carbocycles. The molecule has 0 spiro atoms. The topological polar surface area (TPSA) is 20.3 Å². The largest absolute Gasteiger partial charge is 0.306 e. The molecular weight excluding hydrogens is 198 g/mol. The van der Waals surface area contributed by atoms with E-state index in [0.717, 1.165) is 18.5 Å². The number of rotatable bonds is 3. The normalized spacial score (nSPS) is 21.2. The predicted molar refractivity (Wildman–Crippen MR) is 65.8 cm³/mol. The Bertz CT molecular complexity index is 386. The summed E-state index contributed by atoms with van der Waals surface area (Å²) in [6.45, 7) is 4.00. The van der Waals surface area contributed by atoms with Gasteiger partial charge in [-0.2, -0.15) is 0 Å². The van der Waals surface area contributed by atoms with E-state index in [2.05, 4.69) is 18.0 Å². The SMILES string of the molecule is CC(=O)c1ccccc1CC1CCN(C)C1. The highest BCUT2D eigenvalue weighted by Gasteiger charge is 2.20. The lowest BCUT2D eigenvalue weighted by Crippen LogP contribution is -2.15. The fourth-order valence-corrected chi connectivity index (χ4v) is 2.55. The molecule has 16 heavy (non-hydrogen) atoms. The molecule has 1 atom stereocenters. The zero-order valence-electron chi connectivity index (χ0n) is 10.1. The Balaban J connectivity index is 2.12. The summed E-state index contributed by atoms with van der Waals surface area (Å²) >= 11 is 0. The third-order valence-corrected chi connectivity index (χ3v) is 3.39. The van der Waals surface area contributed by atoms with Crippen LogP contribution in [0.15, 0.2) is 24.3 Å². The van der Waals surface area contributed by atoms with Gasteiger partial charge in [-0.15, -0.1) is 0 Å². The number of Topliss-reactive ketones (excluding diaryl/α,β-unsaturated/α-hetero) is 1. The second kappa shape index (κ2) is 4.79. The smallest absolute Gasteiger partial charge is 0.160 e. The first-order valence-electron chi connectivity index (χ1n) is 5.94. The van der Waals surface area contributed by atoms with Gasteiger partial charge in [0.2, 0.25) is 0 Å². The minimum Gasteiger partial charge on any atom is -0.306 e. The molecule has 2 rings (SSSR count). The van der Waals surface area contributed by atoms with E-state index in [1.165, 1.54) is 18.5 Å².